The molecule has 1 atom stereocenters. The smallest absolute Gasteiger partial charge is 0.298 e. The third-order valence-electron chi connectivity index (χ3n) is 4.23. The van der Waals surface area contributed by atoms with Crippen molar-refractivity contribution in [1.29, 1.82) is 0 Å². The second kappa shape index (κ2) is 5.12. The van der Waals surface area contributed by atoms with Crippen LogP contribution in [0.15, 0.2) is 35.0 Å². The Hall–Kier alpha value is -2.37. The number of aryl methyl sites for hydroxylation is 1. The van der Waals surface area contributed by atoms with E-state index in [-0.39, 0.29) is 5.82 Å². The van der Waals surface area contributed by atoms with Gasteiger partial charge in [0.2, 0.25) is 0 Å². The van der Waals surface area contributed by atoms with E-state index in [2.05, 4.69) is 14.5 Å². The van der Waals surface area contributed by atoms with Crippen molar-refractivity contribution >= 4 is 17.1 Å². The molecular formula is C16H17FN4O. The van der Waals surface area contributed by atoms with Crippen LogP contribution in [-0.4, -0.2) is 28.1 Å². The Morgan fingerprint density at radius 1 is 1.45 bits per heavy atom. The highest BCUT2D eigenvalue weighted by Crippen LogP contribution is 2.25. The summed E-state index contributed by atoms with van der Waals surface area (Å²) in [4.78, 5) is 10.7. The highest BCUT2D eigenvalue weighted by molar-refractivity contribution is 5.74. The Balaban J connectivity index is 1.50. The topological polar surface area (TPSA) is 47.1 Å². The van der Waals surface area contributed by atoms with Gasteiger partial charge in [-0.05, 0) is 24.5 Å². The second-order valence-electron chi connectivity index (χ2n) is 5.89. The van der Waals surface area contributed by atoms with Crippen LogP contribution >= 0.6 is 0 Å². The number of hydrogen-bond donors (Lipinski definition) is 0. The number of fused-ring (bicyclic) bond motifs is 2. The Morgan fingerprint density at radius 2 is 2.36 bits per heavy atom. The molecule has 0 fully saturated rings. The van der Waals surface area contributed by atoms with Crippen LogP contribution in [-0.2, 0) is 13.0 Å². The Bertz CT molecular complexity index is 809. The fraction of sp³-hybridized carbons (Fsp3) is 0.375. The monoisotopic (exact) mass is 300 g/mol. The number of benzene rings is 1. The zero-order valence-electron chi connectivity index (χ0n) is 12.4. The molecule has 0 aliphatic carbocycles. The summed E-state index contributed by atoms with van der Waals surface area (Å²) in [5.41, 5.74) is 1.17. The number of hydrogen-bond acceptors (Lipinski definition) is 4. The average Bonchev–Trinajstić information content (AvgIpc) is 3.12. The molecule has 1 aromatic carbocycles. The van der Waals surface area contributed by atoms with Crippen molar-refractivity contribution in [3.05, 3.63) is 42.2 Å². The number of rotatable bonds is 3. The van der Waals surface area contributed by atoms with Crippen molar-refractivity contribution in [2.75, 3.05) is 18.5 Å². The third-order valence-corrected chi connectivity index (χ3v) is 4.23. The van der Waals surface area contributed by atoms with E-state index in [1.807, 2.05) is 24.3 Å². The van der Waals surface area contributed by atoms with Crippen LogP contribution in [0.25, 0.3) is 11.1 Å². The molecule has 0 unspecified atom stereocenters. The molecule has 0 spiro atoms. The number of anilines is 1. The molecule has 0 saturated heterocycles. The molecular weight excluding hydrogens is 283 g/mol. The molecule has 1 aliphatic heterocycles. The van der Waals surface area contributed by atoms with Gasteiger partial charge in [0, 0.05) is 45.0 Å². The lowest BCUT2D eigenvalue weighted by molar-refractivity contribution is 0.363. The molecule has 114 valence electrons. The Kier molecular flexibility index (Phi) is 3.10. The summed E-state index contributed by atoms with van der Waals surface area (Å²) >= 11 is 0. The molecule has 22 heavy (non-hydrogen) atoms. The SMILES string of the molecule is CN(C[C@H]1CCc2nccn2C1)c1nc2cc(F)ccc2o1. The first-order chi connectivity index (χ1) is 10.7. The maximum absolute atomic E-state index is 13.2. The standard InChI is InChI=1S/C16H17FN4O/c1-20(9-11-2-5-15-18-6-7-21(15)10-11)16-19-13-8-12(17)3-4-14(13)22-16/h3-4,6-8,11H,2,5,9-10H2,1H3/t11-/m1/s1. The Morgan fingerprint density at radius 3 is 3.27 bits per heavy atom. The van der Waals surface area contributed by atoms with Gasteiger partial charge >= 0.3 is 0 Å². The number of halogens is 1. The van der Waals surface area contributed by atoms with Crippen LogP contribution in [0.1, 0.15) is 12.2 Å². The lowest BCUT2D eigenvalue weighted by Crippen LogP contribution is -2.31. The largest absolute Gasteiger partial charge is 0.423 e. The normalized spacial score (nSPS) is 17.6. The summed E-state index contributed by atoms with van der Waals surface area (Å²) in [6.07, 6.45) is 6.00. The molecule has 3 heterocycles. The quantitative estimate of drug-likeness (QED) is 0.746. The van der Waals surface area contributed by atoms with Gasteiger partial charge in [-0.2, -0.15) is 4.98 Å². The molecule has 3 aromatic rings. The van der Waals surface area contributed by atoms with Crippen molar-refractivity contribution in [3.63, 3.8) is 0 Å². The molecule has 2 aromatic heterocycles. The zero-order chi connectivity index (χ0) is 15.1. The van der Waals surface area contributed by atoms with Crippen molar-refractivity contribution in [3.8, 4) is 0 Å². The second-order valence-corrected chi connectivity index (χ2v) is 5.89. The van der Waals surface area contributed by atoms with Gasteiger partial charge in [0.1, 0.15) is 17.2 Å². The van der Waals surface area contributed by atoms with Crippen molar-refractivity contribution in [2.24, 2.45) is 5.92 Å². The first-order valence-electron chi connectivity index (χ1n) is 7.46. The van der Waals surface area contributed by atoms with Crippen LogP contribution in [0.2, 0.25) is 0 Å². The lowest BCUT2D eigenvalue weighted by atomic mass is 9.99. The van der Waals surface area contributed by atoms with Gasteiger partial charge in [-0.25, -0.2) is 9.37 Å². The van der Waals surface area contributed by atoms with E-state index in [1.165, 1.54) is 12.1 Å². The minimum absolute atomic E-state index is 0.296. The highest BCUT2D eigenvalue weighted by Gasteiger charge is 2.21. The number of nitrogens with zero attached hydrogens (tertiary/aromatic N) is 4. The first kappa shape index (κ1) is 13.3. The summed E-state index contributed by atoms with van der Waals surface area (Å²) in [6.45, 7) is 1.82. The van der Waals surface area contributed by atoms with Crippen LogP contribution in [0, 0.1) is 11.7 Å². The molecule has 4 rings (SSSR count). The van der Waals surface area contributed by atoms with Gasteiger partial charge in [-0.15, -0.1) is 0 Å². The van der Waals surface area contributed by atoms with Gasteiger partial charge in [-0.1, -0.05) is 0 Å². The number of aromatic nitrogens is 3. The van der Waals surface area contributed by atoms with Crippen molar-refractivity contribution in [2.45, 2.75) is 19.4 Å². The van der Waals surface area contributed by atoms with E-state index < -0.39 is 0 Å². The molecule has 6 heteroatoms. The zero-order valence-corrected chi connectivity index (χ0v) is 12.4. The fourth-order valence-corrected chi connectivity index (χ4v) is 3.10. The van der Waals surface area contributed by atoms with E-state index >= 15 is 0 Å². The minimum Gasteiger partial charge on any atom is -0.423 e. The molecule has 0 saturated carbocycles. The molecule has 0 radical (unpaired) electrons. The van der Waals surface area contributed by atoms with E-state index in [0.29, 0.717) is 23.0 Å². The molecule has 0 amide bonds. The predicted octanol–water partition coefficient (Wildman–Crippen LogP) is 2.86. The first-order valence-corrected chi connectivity index (χ1v) is 7.46. The molecule has 5 nitrogen and oxygen atoms in total. The fourth-order valence-electron chi connectivity index (χ4n) is 3.10. The van der Waals surface area contributed by atoms with Crippen LogP contribution < -0.4 is 4.90 Å². The van der Waals surface area contributed by atoms with Gasteiger partial charge in [0.15, 0.2) is 5.58 Å². The van der Waals surface area contributed by atoms with E-state index in [9.17, 15) is 4.39 Å². The minimum atomic E-state index is -0.296. The maximum Gasteiger partial charge on any atom is 0.298 e. The third kappa shape index (κ3) is 2.34. The molecule has 1 aliphatic rings. The van der Waals surface area contributed by atoms with Gasteiger partial charge in [0.05, 0.1) is 0 Å². The van der Waals surface area contributed by atoms with Crippen LogP contribution in [0.3, 0.4) is 0 Å². The van der Waals surface area contributed by atoms with Crippen molar-refractivity contribution in [1.82, 2.24) is 14.5 Å². The van der Waals surface area contributed by atoms with Gasteiger partial charge < -0.3 is 13.9 Å². The van der Waals surface area contributed by atoms with E-state index in [1.54, 1.807) is 6.07 Å². The summed E-state index contributed by atoms with van der Waals surface area (Å²) in [5, 5.41) is 0. The molecule has 0 bridgehead atoms. The van der Waals surface area contributed by atoms with Crippen molar-refractivity contribution < 1.29 is 8.81 Å². The lowest BCUT2D eigenvalue weighted by Gasteiger charge is -2.27. The summed E-state index contributed by atoms with van der Waals surface area (Å²) < 4.78 is 21.1. The summed E-state index contributed by atoms with van der Waals surface area (Å²) in [7, 11) is 1.96. The van der Waals surface area contributed by atoms with Gasteiger partial charge in [-0.3, -0.25) is 0 Å². The van der Waals surface area contributed by atoms with E-state index in [4.69, 9.17) is 4.42 Å². The predicted molar refractivity (Wildman–Crippen MR) is 81.3 cm³/mol. The average molecular weight is 300 g/mol. The van der Waals surface area contributed by atoms with Crippen LogP contribution in [0.4, 0.5) is 10.4 Å². The summed E-state index contributed by atoms with van der Waals surface area (Å²) in [6, 6.07) is 4.94. The summed E-state index contributed by atoms with van der Waals surface area (Å²) in [5.74, 6) is 1.39. The number of imidazole rings is 1. The molecule has 0 N–H and O–H groups in total. The van der Waals surface area contributed by atoms with E-state index in [0.717, 1.165) is 31.8 Å². The number of oxazole rings is 1. The van der Waals surface area contributed by atoms with Gasteiger partial charge in [0.25, 0.3) is 6.01 Å². The maximum atomic E-state index is 13.2. The Labute approximate surface area is 127 Å². The highest BCUT2D eigenvalue weighted by atomic mass is 19.1. The van der Waals surface area contributed by atoms with Crippen LogP contribution in [0.5, 0.6) is 0 Å².